The summed E-state index contributed by atoms with van der Waals surface area (Å²) < 4.78 is 5.13. The molecule has 0 aliphatic heterocycles. The van der Waals surface area contributed by atoms with Crippen molar-refractivity contribution in [2.24, 2.45) is 0 Å². The highest BCUT2D eigenvalue weighted by molar-refractivity contribution is 5.97. The molecule has 0 aliphatic rings. The Morgan fingerprint density at radius 3 is 2.07 bits per heavy atom. The first-order valence-electron chi connectivity index (χ1n) is 9.37. The maximum absolute atomic E-state index is 12.6. The van der Waals surface area contributed by atoms with E-state index in [1.54, 1.807) is 43.3 Å². The molecule has 148 valence electrons. The van der Waals surface area contributed by atoms with E-state index in [0.29, 0.717) is 24.2 Å². The number of rotatable bonds is 7. The lowest BCUT2D eigenvalue weighted by Gasteiger charge is -2.17. The molecule has 3 rings (SSSR count). The summed E-state index contributed by atoms with van der Waals surface area (Å²) in [7, 11) is 3.38. The van der Waals surface area contributed by atoms with Crippen LogP contribution in [0.2, 0.25) is 0 Å². The Labute approximate surface area is 170 Å². The van der Waals surface area contributed by atoms with Crippen molar-refractivity contribution in [2.75, 3.05) is 14.2 Å². The number of hydrogen-bond acceptors (Lipinski definition) is 3. The van der Waals surface area contributed by atoms with E-state index in [-0.39, 0.29) is 11.8 Å². The molecule has 0 spiro atoms. The van der Waals surface area contributed by atoms with E-state index in [0.717, 1.165) is 16.9 Å². The third kappa shape index (κ3) is 5.45. The first kappa shape index (κ1) is 20.1. The minimum absolute atomic E-state index is 0.0842. The predicted molar refractivity (Wildman–Crippen MR) is 113 cm³/mol. The summed E-state index contributed by atoms with van der Waals surface area (Å²) in [6, 6.07) is 24.1. The van der Waals surface area contributed by atoms with Gasteiger partial charge >= 0.3 is 0 Å². The van der Waals surface area contributed by atoms with Gasteiger partial charge in [-0.3, -0.25) is 9.59 Å². The second-order valence-corrected chi connectivity index (χ2v) is 6.75. The smallest absolute Gasteiger partial charge is 0.253 e. The Kier molecular flexibility index (Phi) is 6.63. The molecule has 0 aromatic heterocycles. The molecular weight excluding hydrogens is 364 g/mol. The second kappa shape index (κ2) is 9.55. The van der Waals surface area contributed by atoms with Gasteiger partial charge in [-0.25, -0.2) is 0 Å². The maximum Gasteiger partial charge on any atom is 0.253 e. The normalized spacial score (nSPS) is 10.3. The summed E-state index contributed by atoms with van der Waals surface area (Å²) in [6.45, 7) is 0.951. The number of carbonyl (C=O) groups excluding carboxylic acids is 2. The van der Waals surface area contributed by atoms with Gasteiger partial charge in [0.15, 0.2) is 0 Å². The first-order chi connectivity index (χ1) is 14.1. The van der Waals surface area contributed by atoms with Gasteiger partial charge in [-0.05, 0) is 47.5 Å². The van der Waals surface area contributed by atoms with E-state index < -0.39 is 0 Å². The van der Waals surface area contributed by atoms with Crippen LogP contribution in [0.5, 0.6) is 5.75 Å². The standard InChI is InChI=1S/C24H24N2O3/c1-26(17-19-6-4-3-5-7-19)24(28)21-12-10-20(11-13-21)23(27)25-16-18-8-14-22(29-2)15-9-18/h3-15H,16-17H2,1-2H3,(H,25,27). The van der Waals surface area contributed by atoms with E-state index >= 15 is 0 Å². The van der Waals surface area contributed by atoms with E-state index in [2.05, 4.69) is 5.32 Å². The van der Waals surface area contributed by atoms with Gasteiger partial charge in [0, 0.05) is 31.3 Å². The van der Waals surface area contributed by atoms with Crippen LogP contribution in [-0.4, -0.2) is 30.9 Å². The minimum Gasteiger partial charge on any atom is -0.497 e. The Bertz CT molecular complexity index is 952. The lowest BCUT2D eigenvalue weighted by Crippen LogP contribution is -2.26. The number of amides is 2. The van der Waals surface area contributed by atoms with E-state index in [1.165, 1.54) is 0 Å². The Morgan fingerprint density at radius 1 is 0.828 bits per heavy atom. The molecule has 0 atom stereocenters. The fraction of sp³-hybridized carbons (Fsp3) is 0.167. The van der Waals surface area contributed by atoms with Crippen molar-refractivity contribution >= 4 is 11.8 Å². The van der Waals surface area contributed by atoms with Gasteiger partial charge in [-0.15, -0.1) is 0 Å². The average molecular weight is 388 g/mol. The number of nitrogens with one attached hydrogen (secondary N) is 1. The molecular formula is C24H24N2O3. The molecule has 0 heterocycles. The average Bonchev–Trinajstić information content (AvgIpc) is 2.78. The van der Waals surface area contributed by atoms with Crippen LogP contribution < -0.4 is 10.1 Å². The molecule has 5 heteroatoms. The molecule has 2 amide bonds. The van der Waals surface area contributed by atoms with Crippen LogP contribution in [0, 0.1) is 0 Å². The quantitative estimate of drug-likeness (QED) is 0.668. The van der Waals surface area contributed by atoms with E-state index in [9.17, 15) is 9.59 Å². The van der Waals surface area contributed by atoms with Gasteiger partial charge in [-0.2, -0.15) is 0 Å². The molecule has 5 nitrogen and oxygen atoms in total. The molecule has 1 N–H and O–H groups in total. The Hall–Kier alpha value is -3.60. The van der Waals surface area contributed by atoms with Crippen molar-refractivity contribution < 1.29 is 14.3 Å². The Balaban J connectivity index is 1.56. The Morgan fingerprint density at radius 2 is 1.45 bits per heavy atom. The topological polar surface area (TPSA) is 58.6 Å². The largest absolute Gasteiger partial charge is 0.497 e. The number of ether oxygens (including phenoxy) is 1. The van der Waals surface area contributed by atoms with E-state index in [4.69, 9.17) is 4.74 Å². The molecule has 3 aromatic carbocycles. The minimum atomic E-state index is -0.183. The number of hydrogen-bond donors (Lipinski definition) is 1. The fourth-order valence-electron chi connectivity index (χ4n) is 2.94. The van der Waals surface area contributed by atoms with Crippen molar-refractivity contribution in [2.45, 2.75) is 13.1 Å². The summed E-state index contributed by atoms with van der Waals surface area (Å²) in [5, 5.41) is 2.88. The number of methoxy groups -OCH3 is 1. The van der Waals surface area contributed by atoms with Gasteiger partial charge in [0.2, 0.25) is 0 Å². The lowest BCUT2D eigenvalue weighted by atomic mass is 10.1. The third-order valence-corrected chi connectivity index (χ3v) is 4.62. The second-order valence-electron chi connectivity index (χ2n) is 6.75. The monoisotopic (exact) mass is 388 g/mol. The highest BCUT2D eigenvalue weighted by atomic mass is 16.5. The first-order valence-corrected chi connectivity index (χ1v) is 9.37. The summed E-state index contributed by atoms with van der Waals surface area (Å²) in [4.78, 5) is 26.6. The van der Waals surface area contributed by atoms with Crippen LogP contribution in [0.25, 0.3) is 0 Å². The van der Waals surface area contributed by atoms with Crippen molar-refractivity contribution in [1.29, 1.82) is 0 Å². The van der Waals surface area contributed by atoms with Crippen LogP contribution in [0.3, 0.4) is 0 Å². The molecule has 0 unspecified atom stereocenters. The fourth-order valence-corrected chi connectivity index (χ4v) is 2.94. The molecule has 0 radical (unpaired) electrons. The van der Waals surface area contributed by atoms with Crippen molar-refractivity contribution in [3.05, 3.63) is 101 Å². The molecule has 0 aliphatic carbocycles. The SMILES string of the molecule is COc1ccc(CNC(=O)c2ccc(C(=O)N(C)Cc3ccccc3)cc2)cc1. The summed E-state index contributed by atoms with van der Waals surface area (Å²) >= 11 is 0. The van der Waals surface area contributed by atoms with Crippen LogP contribution in [0.4, 0.5) is 0 Å². The summed E-state index contributed by atoms with van der Waals surface area (Å²) in [6.07, 6.45) is 0. The van der Waals surface area contributed by atoms with Crippen LogP contribution in [0.15, 0.2) is 78.9 Å². The van der Waals surface area contributed by atoms with E-state index in [1.807, 2.05) is 54.6 Å². The molecule has 3 aromatic rings. The highest BCUT2D eigenvalue weighted by Crippen LogP contribution is 2.12. The van der Waals surface area contributed by atoms with Crippen LogP contribution >= 0.6 is 0 Å². The number of benzene rings is 3. The van der Waals surface area contributed by atoms with Crippen molar-refractivity contribution in [3.63, 3.8) is 0 Å². The third-order valence-electron chi connectivity index (χ3n) is 4.62. The van der Waals surface area contributed by atoms with Gasteiger partial charge in [-0.1, -0.05) is 42.5 Å². The van der Waals surface area contributed by atoms with Crippen LogP contribution in [0.1, 0.15) is 31.8 Å². The highest BCUT2D eigenvalue weighted by Gasteiger charge is 2.13. The number of carbonyl (C=O) groups is 2. The molecule has 0 bridgehead atoms. The van der Waals surface area contributed by atoms with Gasteiger partial charge in [0.25, 0.3) is 11.8 Å². The van der Waals surface area contributed by atoms with Crippen molar-refractivity contribution in [3.8, 4) is 5.75 Å². The lowest BCUT2D eigenvalue weighted by molar-refractivity contribution is 0.0784. The van der Waals surface area contributed by atoms with Gasteiger partial charge < -0.3 is 15.0 Å². The molecule has 0 saturated carbocycles. The zero-order chi connectivity index (χ0) is 20.6. The predicted octanol–water partition coefficient (Wildman–Crippen LogP) is 3.90. The maximum atomic E-state index is 12.6. The molecule has 29 heavy (non-hydrogen) atoms. The molecule has 0 saturated heterocycles. The van der Waals surface area contributed by atoms with Crippen molar-refractivity contribution in [1.82, 2.24) is 10.2 Å². The summed E-state index contributed by atoms with van der Waals surface area (Å²) in [5.74, 6) is 0.508. The van der Waals surface area contributed by atoms with Crippen LogP contribution in [-0.2, 0) is 13.1 Å². The molecule has 0 fully saturated rings. The number of nitrogens with zero attached hydrogens (tertiary/aromatic N) is 1. The van der Waals surface area contributed by atoms with Gasteiger partial charge in [0.1, 0.15) is 5.75 Å². The van der Waals surface area contributed by atoms with Gasteiger partial charge in [0.05, 0.1) is 7.11 Å². The zero-order valence-electron chi connectivity index (χ0n) is 16.6. The zero-order valence-corrected chi connectivity index (χ0v) is 16.6. The summed E-state index contributed by atoms with van der Waals surface area (Å²) in [5.41, 5.74) is 3.11.